The first-order valence-corrected chi connectivity index (χ1v) is 11.0. The smallest absolute Gasteiger partial charge is 0.249 e. The molecule has 148 valence electrons. The van der Waals surface area contributed by atoms with Crippen molar-refractivity contribution < 1.29 is 17.2 Å². The molecule has 0 saturated heterocycles. The fourth-order valence-corrected chi connectivity index (χ4v) is 7.09. The van der Waals surface area contributed by atoms with E-state index in [1.165, 1.54) is 6.33 Å². The van der Waals surface area contributed by atoms with Gasteiger partial charge in [0.05, 0.1) is 16.9 Å². The van der Waals surface area contributed by atoms with E-state index in [4.69, 9.17) is 0 Å². The highest BCUT2D eigenvalue weighted by atomic mass is 32.2. The molecule has 0 aromatic carbocycles. The first kappa shape index (κ1) is 18.6. The van der Waals surface area contributed by atoms with Crippen molar-refractivity contribution in [3.05, 3.63) is 18.6 Å². The van der Waals surface area contributed by atoms with Gasteiger partial charge in [0.2, 0.25) is 5.92 Å². The van der Waals surface area contributed by atoms with Crippen molar-refractivity contribution in [3.8, 4) is 0 Å². The number of H-pyrrole nitrogens is 1. The van der Waals surface area contributed by atoms with Gasteiger partial charge in [-0.15, -0.1) is 0 Å². The lowest BCUT2D eigenvalue weighted by atomic mass is 9.69. The van der Waals surface area contributed by atoms with E-state index in [0.29, 0.717) is 0 Å². The van der Waals surface area contributed by atoms with E-state index in [1.807, 2.05) is 19.3 Å². The van der Waals surface area contributed by atoms with Crippen LogP contribution in [0.25, 0.3) is 11.0 Å². The van der Waals surface area contributed by atoms with Crippen LogP contribution in [0.5, 0.6) is 0 Å². The number of sulfone groups is 1. The molecule has 2 aliphatic carbocycles. The third kappa shape index (κ3) is 3.66. The molecule has 4 rings (SSSR count). The summed E-state index contributed by atoms with van der Waals surface area (Å²) in [6, 6.07) is 2.15. The van der Waals surface area contributed by atoms with Gasteiger partial charge in [-0.3, -0.25) is 0 Å². The zero-order chi connectivity index (χ0) is 19.4. The molecule has 2 aliphatic rings. The molecule has 9 heteroatoms. The molecule has 0 amide bonds. The number of aromatic amines is 1. The fourth-order valence-electron chi connectivity index (χ4n) is 4.71. The summed E-state index contributed by atoms with van der Waals surface area (Å²) in [6.07, 6.45) is 4.21. The predicted molar refractivity (Wildman–Crippen MR) is 99.7 cm³/mol. The van der Waals surface area contributed by atoms with E-state index >= 15 is 0 Å². The SMILES string of the molecule is CN(c1ncnc2[nH]ccc12)[C@H]1C[C@H](CS(=O)(=O)CC2(C)CC(F)(F)C2)C1. The Morgan fingerprint density at radius 2 is 2.00 bits per heavy atom. The van der Waals surface area contributed by atoms with Crippen molar-refractivity contribution in [2.24, 2.45) is 11.3 Å². The number of nitrogens with one attached hydrogen (secondary N) is 1. The molecule has 0 bridgehead atoms. The number of aromatic nitrogens is 3. The van der Waals surface area contributed by atoms with Crippen molar-refractivity contribution in [3.63, 3.8) is 0 Å². The molecule has 0 unspecified atom stereocenters. The highest BCUT2D eigenvalue weighted by Crippen LogP contribution is 2.52. The van der Waals surface area contributed by atoms with Crippen LogP contribution in [0, 0.1) is 11.3 Å². The maximum absolute atomic E-state index is 13.1. The Kier molecular flexibility index (Phi) is 4.21. The predicted octanol–water partition coefficient (Wildman–Crippen LogP) is 3.02. The van der Waals surface area contributed by atoms with E-state index in [2.05, 4.69) is 19.9 Å². The zero-order valence-corrected chi connectivity index (χ0v) is 16.3. The summed E-state index contributed by atoms with van der Waals surface area (Å²) in [5.74, 6) is -1.84. The number of hydrogen-bond donors (Lipinski definition) is 1. The molecule has 27 heavy (non-hydrogen) atoms. The van der Waals surface area contributed by atoms with Gasteiger partial charge in [-0.2, -0.15) is 0 Å². The molecule has 0 atom stereocenters. The average molecular weight is 398 g/mol. The summed E-state index contributed by atoms with van der Waals surface area (Å²) in [5, 5.41) is 0.940. The topological polar surface area (TPSA) is 79.0 Å². The molecule has 2 saturated carbocycles. The number of halogens is 2. The van der Waals surface area contributed by atoms with Crippen molar-refractivity contribution in [2.45, 2.75) is 44.6 Å². The zero-order valence-electron chi connectivity index (χ0n) is 15.5. The number of fused-ring (bicyclic) bond motifs is 1. The molecule has 2 heterocycles. The van der Waals surface area contributed by atoms with E-state index in [9.17, 15) is 17.2 Å². The van der Waals surface area contributed by atoms with Gasteiger partial charge in [-0.1, -0.05) is 6.92 Å². The van der Waals surface area contributed by atoms with Crippen LogP contribution in [-0.2, 0) is 9.84 Å². The Balaban J connectivity index is 1.33. The minimum Gasteiger partial charge on any atom is -0.356 e. The van der Waals surface area contributed by atoms with Crippen molar-refractivity contribution in [2.75, 3.05) is 23.5 Å². The quantitative estimate of drug-likeness (QED) is 0.809. The number of anilines is 1. The van der Waals surface area contributed by atoms with Crippen LogP contribution in [0.1, 0.15) is 32.6 Å². The second-order valence-electron chi connectivity index (χ2n) is 8.61. The van der Waals surface area contributed by atoms with Gasteiger partial charge in [-0.05, 0) is 30.2 Å². The van der Waals surface area contributed by atoms with Crippen LogP contribution in [0.4, 0.5) is 14.6 Å². The lowest BCUT2D eigenvalue weighted by Gasteiger charge is -2.45. The molecule has 2 aromatic rings. The molecule has 1 N–H and O–H groups in total. The highest BCUT2D eigenvalue weighted by Gasteiger charge is 2.55. The first-order chi connectivity index (χ1) is 12.6. The fraction of sp³-hybridized carbons (Fsp3) is 0.667. The van der Waals surface area contributed by atoms with Crippen molar-refractivity contribution in [1.29, 1.82) is 0 Å². The standard InChI is InChI=1S/C18H24F2N4O2S/c1-17(8-18(19,20)9-17)10-27(25,26)7-12-5-13(6-12)24(2)16-14-3-4-21-15(14)22-11-23-16/h3-4,11-13H,5-10H2,1-2H3,(H,21,22,23)/t12-,13-. The van der Waals surface area contributed by atoms with Gasteiger partial charge < -0.3 is 9.88 Å². The lowest BCUT2D eigenvalue weighted by Crippen LogP contribution is -2.50. The van der Waals surface area contributed by atoms with E-state index in [1.54, 1.807) is 6.92 Å². The maximum atomic E-state index is 13.1. The molecule has 0 radical (unpaired) electrons. The first-order valence-electron chi connectivity index (χ1n) is 9.15. The van der Waals surface area contributed by atoms with Gasteiger partial charge in [0.1, 0.15) is 17.8 Å². The normalized spacial score (nSPS) is 26.4. The summed E-state index contributed by atoms with van der Waals surface area (Å²) in [7, 11) is -1.37. The molecule has 2 fully saturated rings. The second-order valence-corrected chi connectivity index (χ2v) is 10.7. The third-order valence-electron chi connectivity index (χ3n) is 5.85. The molecule has 2 aromatic heterocycles. The van der Waals surface area contributed by atoms with Gasteiger partial charge in [0.15, 0.2) is 9.84 Å². The average Bonchev–Trinajstić information content (AvgIpc) is 2.95. The Hall–Kier alpha value is -1.77. The third-order valence-corrected chi connectivity index (χ3v) is 7.97. The Bertz CT molecular complexity index is 945. The minimum absolute atomic E-state index is 0.0789. The van der Waals surface area contributed by atoms with Crippen LogP contribution in [0.3, 0.4) is 0 Å². The molecule has 0 aliphatic heterocycles. The minimum atomic E-state index is -3.33. The van der Waals surface area contributed by atoms with Crippen molar-refractivity contribution in [1.82, 2.24) is 15.0 Å². The highest BCUT2D eigenvalue weighted by molar-refractivity contribution is 7.91. The van der Waals surface area contributed by atoms with E-state index in [0.717, 1.165) is 29.7 Å². The van der Waals surface area contributed by atoms with Crippen LogP contribution >= 0.6 is 0 Å². The van der Waals surface area contributed by atoms with E-state index < -0.39 is 21.2 Å². The van der Waals surface area contributed by atoms with Gasteiger partial charge >= 0.3 is 0 Å². The molecular formula is C18H24F2N4O2S. The Morgan fingerprint density at radius 1 is 1.30 bits per heavy atom. The summed E-state index contributed by atoms with van der Waals surface area (Å²) in [6.45, 7) is 1.65. The van der Waals surface area contributed by atoms with Crippen LogP contribution < -0.4 is 4.90 Å². The second kappa shape index (κ2) is 6.12. The number of rotatable bonds is 6. The van der Waals surface area contributed by atoms with Crippen LogP contribution in [0.15, 0.2) is 18.6 Å². The largest absolute Gasteiger partial charge is 0.356 e. The number of alkyl halides is 2. The number of hydrogen-bond acceptors (Lipinski definition) is 5. The maximum Gasteiger partial charge on any atom is 0.249 e. The molecule has 6 nitrogen and oxygen atoms in total. The Morgan fingerprint density at radius 3 is 2.67 bits per heavy atom. The molecular weight excluding hydrogens is 374 g/mol. The summed E-state index contributed by atoms with van der Waals surface area (Å²) >= 11 is 0. The summed E-state index contributed by atoms with van der Waals surface area (Å²) in [4.78, 5) is 13.7. The van der Waals surface area contributed by atoms with Gasteiger partial charge in [-0.25, -0.2) is 27.2 Å². The lowest BCUT2D eigenvalue weighted by molar-refractivity contribution is -0.144. The van der Waals surface area contributed by atoms with Crippen LogP contribution in [0.2, 0.25) is 0 Å². The summed E-state index contributed by atoms with van der Waals surface area (Å²) in [5.41, 5.74) is -0.000751. The van der Waals surface area contributed by atoms with E-state index in [-0.39, 0.29) is 36.3 Å². The van der Waals surface area contributed by atoms with Gasteiger partial charge in [0.25, 0.3) is 0 Å². The Labute approximate surface area is 157 Å². The monoisotopic (exact) mass is 398 g/mol. The van der Waals surface area contributed by atoms with Gasteiger partial charge in [0, 0.05) is 32.1 Å². The van der Waals surface area contributed by atoms with Crippen LogP contribution in [-0.4, -0.2) is 53.9 Å². The number of nitrogens with zero attached hydrogens (tertiary/aromatic N) is 3. The molecule has 0 spiro atoms. The summed E-state index contributed by atoms with van der Waals surface area (Å²) < 4.78 is 51.2. The van der Waals surface area contributed by atoms with Crippen molar-refractivity contribution >= 4 is 26.7 Å².